The smallest absolute Gasteiger partial charge is 0.191 e. The van der Waals surface area contributed by atoms with E-state index in [1.807, 2.05) is 19.2 Å². The molecule has 2 heterocycles. The van der Waals surface area contributed by atoms with E-state index < -0.39 is 0 Å². The van der Waals surface area contributed by atoms with Gasteiger partial charge in [0, 0.05) is 37.0 Å². The quantitative estimate of drug-likeness (QED) is 0.275. The lowest BCUT2D eigenvalue weighted by molar-refractivity contribution is 0.239. The molecule has 0 bridgehead atoms. The zero-order valence-electron chi connectivity index (χ0n) is 19.1. The molecule has 1 aromatic heterocycles. The molecule has 1 fully saturated rings. The summed E-state index contributed by atoms with van der Waals surface area (Å²) in [6.45, 7) is 8.17. The van der Waals surface area contributed by atoms with Crippen LogP contribution in [0.25, 0.3) is 0 Å². The van der Waals surface area contributed by atoms with Crippen molar-refractivity contribution >= 4 is 41.3 Å². The molecule has 0 radical (unpaired) electrons. The average Bonchev–Trinajstić information content (AvgIpc) is 3.42. The predicted octanol–water partition coefficient (Wildman–Crippen LogP) is 4.19. The minimum Gasteiger partial charge on any atom is -0.496 e. The van der Waals surface area contributed by atoms with Crippen LogP contribution < -0.4 is 15.4 Å². The summed E-state index contributed by atoms with van der Waals surface area (Å²) in [7, 11) is 3.57. The largest absolute Gasteiger partial charge is 0.496 e. The zero-order valence-corrected chi connectivity index (χ0v) is 22.3. The van der Waals surface area contributed by atoms with Gasteiger partial charge >= 0.3 is 0 Å². The Bertz CT molecular complexity index is 835. The maximum Gasteiger partial charge on any atom is 0.191 e. The summed E-state index contributed by atoms with van der Waals surface area (Å²) >= 11 is 1.80. The molecule has 2 N–H and O–H groups in total. The lowest BCUT2D eigenvalue weighted by Gasteiger charge is -2.30. The van der Waals surface area contributed by atoms with Crippen LogP contribution in [0.2, 0.25) is 0 Å². The molecular formula is C23H36IN5OS. The van der Waals surface area contributed by atoms with Crippen LogP contribution in [0.5, 0.6) is 5.75 Å². The second-order valence-electron chi connectivity index (χ2n) is 7.59. The van der Waals surface area contributed by atoms with Crippen LogP contribution in [-0.2, 0) is 12.8 Å². The van der Waals surface area contributed by atoms with Crippen LogP contribution in [0.4, 0.5) is 0 Å². The van der Waals surface area contributed by atoms with Crippen LogP contribution in [0.3, 0.4) is 0 Å². The fraction of sp³-hybridized carbons (Fsp3) is 0.565. The number of benzene rings is 1. The highest BCUT2D eigenvalue weighted by atomic mass is 127. The molecule has 0 aliphatic carbocycles. The number of rotatable bonds is 9. The molecule has 3 rings (SSSR count). The Balaban J connectivity index is 0.00000341. The first kappa shape index (κ1) is 25.9. The van der Waals surface area contributed by atoms with Crippen molar-refractivity contribution in [3.63, 3.8) is 0 Å². The number of aromatic nitrogens is 1. The predicted molar refractivity (Wildman–Crippen MR) is 141 cm³/mol. The molecule has 1 unspecified atom stereocenters. The third kappa shape index (κ3) is 7.05. The second-order valence-corrected chi connectivity index (χ2v) is 8.88. The molecule has 0 spiro atoms. The van der Waals surface area contributed by atoms with Crippen molar-refractivity contribution in [2.24, 2.45) is 4.99 Å². The van der Waals surface area contributed by atoms with Gasteiger partial charge in [0.05, 0.1) is 23.9 Å². The van der Waals surface area contributed by atoms with Crippen molar-refractivity contribution in [3.05, 3.63) is 45.4 Å². The Morgan fingerprint density at radius 3 is 2.65 bits per heavy atom. The Morgan fingerprint density at radius 1 is 1.26 bits per heavy atom. The summed E-state index contributed by atoms with van der Waals surface area (Å²) in [6, 6.07) is 8.61. The number of methoxy groups -OCH3 is 1. The topological polar surface area (TPSA) is 61.8 Å². The first-order valence-corrected chi connectivity index (χ1v) is 11.7. The van der Waals surface area contributed by atoms with Crippen molar-refractivity contribution in [3.8, 4) is 5.75 Å². The molecule has 31 heavy (non-hydrogen) atoms. The molecule has 1 aliphatic heterocycles. The van der Waals surface area contributed by atoms with Crippen molar-refractivity contribution in [2.45, 2.75) is 45.6 Å². The zero-order chi connectivity index (χ0) is 21.3. The molecule has 0 amide bonds. The number of aryl methyl sites for hydroxylation is 2. The third-order valence-electron chi connectivity index (χ3n) is 5.67. The van der Waals surface area contributed by atoms with E-state index in [9.17, 15) is 0 Å². The summed E-state index contributed by atoms with van der Waals surface area (Å²) in [5.41, 5.74) is 2.46. The van der Waals surface area contributed by atoms with Gasteiger partial charge in [-0.1, -0.05) is 25.1 Å². The van der Waals surface area contributed by atoms with Crippen LogP contribution in [0.1, 0.15) is 46.9 Å². The minimum atomic E-state index is 0. The Hall–Kier alpha value is -1.39. The van der Waals surface area contributed by atoms with Gasteiger partial charge in [0.25, 0.3) is 0 Å². The Kier molecular flexibility index (Phi) is 11.0. The lowest BCUT2D eigenvalue weighted by Crippen LogP contribution is -2.43. The number of para-hydroxylation sites is 1. The Labute approximate surface area is 207 Å². The van der Waals surface area contributed by atoms with Crippen LogP contribution in [-0.4, -0.2) is 56.2 Å². The SMILES string of the molecule is CCc1nc(CCNC(=NC)NCC(c2ccccc2OC)N2CCCC2)sc1C.I. The van der Waals surface area contributed by atoms with Crippen LogP contribution in [0.15, 0.2) is 29.3 Å². The Morgan fingerprint density at radius 2 is 2.00 bits per heavy atom. The highest BCUT2D eigenvalue weighted by Gasteiger charge is 2.26. The first-order chi connectivity index (χ1) is 14.7. The first-order valence-electron chi connectivity index (χ1n) is 10.9. The van der Waals surface area contributed by atoms with E-state index >= 15 is 0 Å². The maximum absolute atomic E-state index is 5.65. The van der Waals surface area contributed by atoms with Gasteiger partial charge in [0.2, 0.25) is 0 Å². The summed E-state index contributed by atoms with van der Waals surface area (Å²) in [5.74, 6) is 1.78. The number of halogens is 1. The maximum atomic E-state index is 5.65. The van der Waals surface area contributed by atoms with Gasteiger partial charge in [-0.05, 0) is 45.3 Å². The summed E-state index contributed by atoms with van der Waals surface area (Å²) in [4.78, 5) is 13.0. The number of hydrogen-bond donors (Lipinski definition) is 2. The number of hydrogen-bond acceptors (Lipinski definition) is 5. The molecule has 1 saturated heterocycles. The number of nitrogens with zero attached hydrogens (tertiary/aromatic N) is 3. The average molecular weight is 558 g/mol. The van der Waals surface area contributed by atoms with Gasteiger partial charge < -0.3 is 15.4 Å². The number of likely N-dealkylation sites (tertiary alicyclic amines) is 1. The lowest BCUT2D eigenvalue weighted by atomic mass is 10.0. The van der Waals surface area contributed by atoms with E-state index in [0.29, 0.717) is 0 Å². The van der Waals surface area contributed by atoms with Crippen molar-refractivity contribution in [1.29, 1.82) is 0 Å². The molecular weight excluding hydrogens is 521 g/mol. The number of thiazole rings is 1. The van der Waals surface area contributed by atoms with Crippen molar-refractivity contribution in [1.82, 2.24) is 20.5 Å². The molecule has 6 nitrogen and oxygen atoms in total. The van der Waals surface area contributed by atoms with Gasteiger partial charge in [0.1, 0.15) is 5.75 Å². The number of guanidine groups is 1. The summed E-state index contributed by atoms with van der Waals surface area (Å²) < 4.78 is 5.65. The van der Waals surface area contributed by atoms with E-state index in [2.05, 4.69) is 46.5 Å². The molecule has 1 aliphatic rings. The van der Waals surface area contributed by atoms with Crippen LogP contribution in [0, 0.1) is 6.92 Å². The monoisotopic (exact) mass is 557 g/mol. The molecule has 2 aromatic rings. The van der Waals surface area contributed by atoms with E-state index in [0.717, 1.165) is 50.7 Å². The number of ether oxygens (including phenoxy) is 1. The summed E-state index contributed by atoms with van der Waals surface area (Å²) in [5, 5.41) is 8.17. The minimum absolute atomic E-state index is 0. The second kappa shape index (κ2) is 13.2. The van der Waals surface area contributed by atoms with Gasteiger partial charge in [-0.3, -0.25) is 9.89 Å². The number of nitrogens with one attached hydrogen (secondary N) is 2. The number of aliphatic imine (C=N–C) groups is 1. The van der Waals surface area contributed by atoms with Gasteiger partial charge in [-0.2, -0.15) is 0 Å². The molecule has 1 atom stereocenters. The normalized spacial score (nSPS) is 15.4. The van der Waals surface area contributed by atoms with Gasteiger partial charge in [0.15, 0.2) is 5.96 Å². The van der Waals surface area contributed by atoms with E-state index in [-0.39, 0.29) is 30.0 Å². The fourth-order valence-corrected chi connectivity index (χ4v) is 5.08. The van der Waals surface area contributed by atoms with E-state index in [1.165, 1.54) is 34.0 Å². The van der Waals surface area contributed by atoms with E-state index in [1.54, 1.807) is 18.4 Å². The molecule has 1 aromatic carbocycles. The van der Waals surface area contributed by atoms with Gasteiger partial charge in [-0.15, -0.1) is 35.3 Å². The van der Waals surface area contributed by atoms with Crippen molar-refractivity contribution in [2.75, 3.05) is 40.3 Å². The molecule has 172 valence electrons. The fourth-order valence-electron chi connectivity index (χ4n) is 4.06. The third-order valence-corrected chi connectivity index (χ3v) is 6.74. The van der Waals surface area contributed by atoms with Crippen molar-refractivity contribution < 1.29 is 4.74 Å². The summed E-state index contributed by atoms with van der Waals surface area (Å²) in [6.07, 6.45) is 4.42. The van der Waals surface area contributed by atoms with E-state index in [4.69, 9.17) is 9.72 Å². The standard InChI is InChI=1S/C23H35N5OS.HI/c1-5-19-17(2)30-22(27-19)12-13-25-23(24-3)26-16-20(28-14-8-9-15-28)18-10-6-7-11-21(18)29-4;/h6-7,10-11,20H,5,8-9,12-16H2,1-4H3,(H2,24,25,26);1H. The highest BCUT2D eigenvalue weighted by molar-refractivity contribution is 14.0. The van der Waals surface area contributed by atoms with Crippen LogP contribution >= 0.6 is 35.3 Å². The molecule has 8 heteroatoms. The van der Waals surface area contributed by atoms with Gasteiger partial charge in [-0.25, -0.2) is 4.98 Å². The molecule has 0 saturated carbocycles. The highest BCUT2D eigenvalue weighted by Crippen LogP contribution is 2.31.